The van der Waals surface area contributed by atoms with Gasteiger partial charge in [-0.3, -0.25) is 4.79 Å². The summed E-state index contributed by atoms with van der Waals surface area (Å²) in [5.74, 6) is -3.20. The fraction of sp³-hybridized carbons (Fsp3) is 0.500. The molecule has 2 rings (SSSR count). The average Bonchev–Trinajstić information content (AvgIpc) is 2.40. The molecule has 0 aromatic heterocycles. The summed E-state index contributed by atoms with van der Waals surface area (Å²) in [6.45, 7) is 0. The van der Waals surface area contributed by atoms with E-state index < -0.39 is 5.92 Å². The van der Waals surface area contributed by atoms with Crippen LogP contribution in [0.25, 0.3) is 0 Å². The number of rotatable bonds is 2. The second-order valence-corrected chi connectivity index (χ2v) is 5.67. The molecule has 0 bridgehead atoms. The van der Waals surface area contributed by atoms with E-state index in [1.54, 1.807) is 25.2 Å². The highest BCUT2D eigenvalue weighted by Gasteiger charge is 2.38. The van der Waals surface area contributed by atoms with Gasteiger partial charge in [-0.15, -0.1) is 0 Å². The van der Waals surface area contributed by atoms with E-state index in [-0.39, 0.29) is 37.5 Å². The maximum Gasteiger partial charge on any atom is 0.248 e. The Morgan fingerprint density at radius 2 is 2.00 bits per heavy atom. The molecule has 0 heterocycles. The number of carbonyl (C=O) groups is 1. The van der Waals surface area contributed by atoms with Crippen LogP contribution in [0.15, 0.2) is 18.2 Å². The average molecular weight is 303 g/mol. The first-order valence-corrected chi connectivity index (χ1v) is 6.88. The topological polar surface area (TPSA) is 46.3 Å². The lowest BCUT2D eigenvalue weighted by molar-refractivity contribution is -0.126. The van der Waals surface area contributed by atoms with Gasteiger partial charge in [0.25, 0.3) is 0 Å². The number of nitrogens with two attached hydrogens (primary N) is 1. The van der Waals surface area contributed by atoms with Gasteiger partial charge in [0.2, 0.25) is 11.8 Å². The molecule has 1 aromatic carbocycles. The van der Waals surface area contributed by atoms with Crippen LogP contribution >= 0.6 is 11.6 Å². The highest BCUT2D eigenvalue weighted by atomic mass is 35.5. The first kappa shape index (κ1) is 15.0. The van der Waals surface area contributed by atoms with Gasteiger partial charge in [0.05, 0.1) is 11.4 Å². The van der Waals surface area contributed by atoms with Gasteiger partial charge in [0, 0.05) is 30.8 Å². The smallest absolute Gasteiger partial charge is 0.248 e. The van der Waals surface area contributed by atoms with Gasteiger partial charge in [-0.05, 0) is 31.0 Å². The van der Waals surface area contributed by atoms with E-state index in [1.807, 2.05) is 0 Å². The van der Waals surface area contributed by atoms with Gasteiger partial charge in [-0.25, -0.2) is 8.78 Å². The van der Waals surface area contributed by atoms with Gasteiger partial charge in [0.1, 0.15) is 0 Å². The highest BCUT2D eigenvalue weighted by molar-refractivity contribution is 6.31. The molecule has 1 aromatic rings. The SMILES string of the molecule is CN(C(=O)C1CCC(F)(F)CC1)c1cc(Cl)ccc1N. The van der Waals surface area contributed by atoms with Gasteiger partial charge in [-0.2, -0.15) is 0 Å². The van der Waals surface area contributed by atoms with Crippen LogP contribution in [0, 0.1) is 5.92 Å². The minimum Gasteiger partial charge on any atom is -0.397 e. The quantitative estimate of drug-likeness (QED) is 0.847. The molecule has 0 unspecified atom stereocenters. The molecule has 0 atom stereocenters. The summed E-state index contributed by atoms with van der Waals surface area (Å²) >= 11 is 5.90. The van der Waals surface area contributed by atoms with Crippen molar-refractivity contribution in [2.45, 2.75) is 31.6 Å². The number of carbonyl (C=O) groups excluding carboxylic acids is 1. The zero-order valence-electron chi connectivity index (χ0n) is 11.2. The number of hydrogen-bond donors (Lipinski definition) is 1. The van der Waals surface area contributed by atoms with Crippen molar-refractivity contribution >= 4 is 28.9 Å². The molecule has 0 radical (unpaired) electrons. The van der Waals surface area contributed by atoms with Gasteiger partial charge >= 0.3 is 0 Å². The third-order valence-electron chi connectivity index (χ3n) is 3.75. The fourth-order valence-corrected chi connectivity index (χ4v) is 2.65. The van der Waals surface area contributed by atoms with E-state index in [9.17, 15) is 13.6 Å². The van der Waals surface area contributed by atoms with Crippen LogP contribution in [0.4, 0.5) is 20.2 Å². The molecule has 20 heavy (non-hydrogen) atoms. The Hall–Kier alpha value is -1.36. The largest absolute Gasteiger partial charge is 0.397 e. The summed E-state index contributed by atoms with van der Waals surface area (Å²) in [6, 6.07) is 4.86. The zero-order valence-corrected chi connectivity index (χ0v) is 12.0. The van der Waals surface area contributed by atoms with E-state index in [2.05, 4.69) is 0 Å². The fourth-order valence-electron chi connectivity index (χ4n) is 2.49. The van der Waals surface area contributed by atoms with E-state index in [1.165, 1.54) is 4.90 Å². The molecule has 1 amide bonds. The molecule has 1 fully saturated rings. The van der Waals surface area contributed by atoms with Crippen LogP contribution < -0.4 is 10.6 Å². The Kier molecular flexibility index (Phi) is 4.18. The summed E-state index contributed by atoms with van der Waals surface area (Å²) < 4.78 is 26.2. The number of alkyl halides is 2. The number of nitrogen functional groups attached to an aromatic ring is 1. The van der Waals surface area contributed by atoms with E-state index in [0.29, 0.717) is 16.4 Å². The van der Waals surface area contributed by atoms with Crippen LogP contribution in [0.3, 0.4) is 0 Å². The number of anilines is 2. The molecule has 1 aliphatic rings. The van der Waals surface area contributed by atoms with E-state index >= 15 is 0 Å². The monoisotopic (exact) mass is 302 g/mol. The molecule has 2 N–H and O–H groups in total. The summed E-state index contributed by atoms with van der Waals surface area (Å²) in [6.07, 6.45) is -0.0577. The van der Waals surface area contributed by atoms with Gasteiger partial charge in [0.15, 0.2) is 0 Å². The minimum atomic E-state index is -2.63. The molecular weight excluding hydrogens is 286 g/mol. The van der Waals surface area contributed by atoms with Gasteiger partial charge in [-0.1, -0.05) is 11.6 Å². The number of amides is 1. The summed E-state index contributed by atoms with van der Waals surface area (Å²) in [4.78, 5) is 13.8. The highest BCUT2D eigenvalue weighted by Crippen LogP contribution is 2.37. The van der Waals surface area contributed by atoms with Crippen molar-refractivity contribution in [1.82, 2.24) is 0 Å². The molecular formula is C14H17ClF2N2O. The second-order valence-electron chi connectivity index (χ2n) is 5.23. The standard InChI is InChI=1S/C14H17ClF2N2O/c1-19(12-8-10(15)2-3-11(12)18)13(20)9-4-6-14(16,17)7-5-9/h2-3,8-9H,4-7,18H2,1H3. The minimum absolute atomic E-state index is 0.186. The lowest BCUT2D eigenvalue weighted by Gasteiger charge is -2.30. The first-order chi connectivity index (χ1) is 9.30. The number of halogens is 3. The molecule has 0 saturated heterocycles. The Morgan fingerprint density at radius 1 is 1.40 bits per heavy atom. The molecule has 110 valence electrons. The normalized spacial score (nSPS) is 18.8. The molecule has 0 aliphatic heterocycles. The lowest BCUT2D eigenvalue weighted by atomic mass is 9.86. The maximum absolute atomic E-state index is 13.1. The second kappa shape index (κ2) is 5.56. The van der Waals surface area contributed by atoms with Crippen molar-refractivity contribution in [2.75, 3.05) is 17.7 Å². The predicted molar refractivity (Wildman–Crippen MR) is 76.2 cm³/mol. The molecule has 0 spiro atoms. The molecule has 3 nitrogen and oxygen atoms in total. The Morgan fingerprint density at radius 3 is 2.60 bits per heavy atom. The zero-order chi connectivity index (χ0) is 14.9. The number of benzene rings is 1. The molecule has 1 aliphatic carbocycles. The summed E-state index contributed by atoms with van der Waals surface area (Å²) in [7, 11) is 1.59. The van der Waals surface area contributed by atoms with Crippen LogP contribution in [0.2, 0.25) is 5.02 Å². The lowest BCUT2D eigenvalue weighted by Crippen LogP contribution is -2.37. The third-order valence-corrected chi connectivity index (χ3v) is 3.99. The van der Waals surface area contributed by atoms with E-state index in [4.69, 9.17) is 17.3 Å². The first-order valence-electron chi connectivity index (χ1n) is 6.50. The van der Waals surface area contributed by atoms with Crippen molar-refractivity contribution in [3.63, 3.8) is 0 Å². The van der Waals surface area contributed by atoms with Gasteiger partial charge < -0.3 is 10.6 Å². The predicted octanol–water partition coefficient (Wildman–Crippen LogP) is 3.71. The maximum atomic E-state index is 13.1. The summed E-state index contributed by atoms with van der Waals surface area (Å²) in [5, 5.41) is 0.476. The molecule has 1 saturated carbocycles. The van der Waals surface area contributed by atoms with Crippen LogP contribution in [-0.4, -0.2) is 18.9 Å². The Bertz CT molecular complexity index is 512. The van der Waals surface area contributed by atoms with Crippen molar-refractivity contribution in [3.05, 3.63) is 23.2 Å². The van der Waals surface area contributed by atoms with Crippen LogP contribution in [0.1, 0.15) is 25.7 Å². The van der Waals surface area contributed by atoms with Crippen molar-refractivity contribution in [1.29, 1.82) is 0 Å². The van der Waals surface area contributed by atoms with E-state index in [0.717, 1.165) is 0 Å². The Labute approximate surface area is 121 Å². The van der Waals surface area contributed by atoms with Crippen LogP contribution in [-0.2, 0) is 4.79 Å². The number of hydrogen-bond acceptors (Lipinski definition) is 2. The summed E-state index contributed by atoms with van der Waals surface area (Å²) in [5.41, 5.74) is 6.78. The number of nitrogens with zero attached hydrogens (tertiary/aromatic N) is 1. The Balaban J connectivity index is 2.11. The van der Waals surface area contributed by atoms with Crippen molar-refractivity contribution in [3.8, 4) is 0 Å². The van der Waals surface area contributed by atoms with Crippen molar-refractivity contribution < 1.29 is 13.6 Å². The third kappa shape index (κ3) is 3.20. The molecule has 6 heteroatoms. The van der Waals surface area contributed by atoms with Crippen LogP contribution in [0.5, 0.6) is 0 Å². The van der Waals surface area contributed by atoms with Crippen molar-refractivity contribution in [2.24, 2.45) is 5.92 Å².